The first-order chi connectivity index (χ1) is 16.8. The maximum atomic E-state index is 14.7. The number of nitrogens with one attached hydrogen (secondary N) is 1. The van der Waals surface area contributed by atoms with E-state index in [0.29, 0.717) is 12.2 Å². The van der Waals surface area contributed by atoms with Crippen LogP contribution in [0.25, 0.3) is 0 Å². The highest BCUT2D eigenvalue weighted by atomic mass is 32.2. The van der Waals surface area contributed by atoms with Crippen LogP contribution in [0, 0.1) is 5.82 Å². The van der Waals surface area contributed by atoms with Gasteiger partial charge in [-0.05, 0) is 49.6 Å². The molecule has 1 N–H and O–H groups in total. The van der Waals surface area contributed by atoms with Crippen molar-refractivity contribution in [2.45, 2.75) is 30.7 Å². The number of hydrogen-bond donors (Lipinski definition) is 1. The molecule has 0 aliphatic carbocycles. The van der Waals surface area contributed by atoms with Gasteiger partial charge in [-0.25, -0.2) is 12.8 Å². The quantitative estimate of drug-likeness (QED) is 0.427. The summed E-state index contributed by atoms with van der Waals surface area (Å²) in [6, 6.07) is 19.1. The van der Waals surface area contributed by atoms with Gasteiger partial charge < -0.3 is 14.8 Å². The van der Waals surface area contributed by atoms with E-state index in [4.69, 9.17) is 9.47 Å². The molecule has 7 nitrogen and oxygen atoms in total. The van der Waals surface area contributed by atoms with Gasteiger partial charge in [0.05, 0.1) is 24.8 Å². The number of benzene rings is 3. The summed E-state index contributed by atoms with van der Waals surface area (Å²) in [6.07, 6.45) is 1.42. The van der Waals surface area contributed by atoms with Crippen molar-refractivity contribution in [2.24, 2.45) is 0 Å². The molecule has 0 fully saturated rings. The van der Waals surface area contributed by atoms with Gasteiger partial charge in [0.1, 0.15) is 12.4 Å². The molecular weight excluding hydrogens is 471 g/mol. The number of nitrogens with zero attached hydrogens (tertiary/aromatic N) is 1. The van der Waals surface area contributed by atoms with Gasteiger partial charge in [0.15, 0.2) is 11.5 Å². The normalized spacial score (nSPS) is 12.0. The molecular formula is C26H29FN2O5S. The molecule has 0 aromatic heterocycles. The molecule has 0 heterocycles. The lowest BCUT2D eigenvalue weighted by molar-refractivity contribution is -0.120. The fourth-order valence-electron chi connectivity index (χ4n) is 3.61. The van der Waals surface area contributed by atoms with E-state index in [-0.39, 0.29) is 22.4 Å². The van der Waals surface area contributed by atoms with Crippen LogP contribution in [0.4, 0.5) is 10.1 Å². The number of aryl methyl sites for hydroxylation is 1. The Labute approximate surface area is 205 Å². The van der Waals surface area contributed by atoms with E-state index >= 15 is 0 Å². The Bertz CT molecular complexity index is 1250. The van der Waals surface area contributed by atoms with E-state index in [1.54, 1.807) is 0 Å². The van der Waals surface area contributed by atoms with Gasteiger partial charge in [-0.1, -0.05) is 42.5 Å². The fraction of sp³-hybridized carbons (Fsp3) is 0.269. The number of methoxy groups -OCH3 is 2. The van der Waals surface area contributed by atoms with E-state index in [2.05, 4.69) is 5.32 Å². The lowest BCUT2D eigenvalue weighted by Gasteiger charge is -2.25. The molecule has 0 saturated carbocycles. The third-order valence-electron chi connectivity index (χ3n) is 5.47. The minimum Gasteiger partial charge on any atom is -0.493 e. The molecule has 1 amide bonds. The molecule has 0 radical (unpaired) electrons. The topological polar surface area (TPSA) is 84.9 Å². The smallest absolute Gasteiger partial charge is 0.265 e. The van der Waals surface area contributed by atoms with Crippen LogP contribution in [-0.2, 0) is 21.2 Å². The second-order valence-corrected chi connectivity index (χ2v) is 9.84. The number of carbonyl (C=O) groups is 1. The molecule has 35 heavy (non-hydrogen) atoms. The molecule has 3 aromatic rings. The van der Waals surface area contributed by atoms with Gasteiger partial charge in [-0.3, -0.25) is 9.10 Å². The second-order valence-electron chi connectivity index (χ2n) is 7.97. The van der Waals surface area contributed by atoms with Crippen LogP contribution in [0.1, 0.15) is 18.9 Å². The predicted octanol–water partition coefficient (Wildman–Crippen LogP) is 4.18. The first kappa shape index (κ1) is 26.0. The summed E-state index contributed by atoms with van der Waals surface area (Å²) in [6.45, 7) is 1.25. The van der Waals surface area contributed by atoms with E-state index in [1.807, 2.05) is 37.3 Å². The van der Waals surface area contributed by atoms with Crippen molar-refractivity contribution in [3.05, 3.63) is 84.2 Å². The summed E-state index contributed by atoms with van der Waals surface area (Å²) in [5.74, 6) is -0.769. The molecule has 0 aliphatic rings. The van der Waals surface area contributed by atoms with E-state index in [0.717, 1.165) is 22.4 Å². The zero-order chi connectivity index (χ0) is 25.4. The number of anilines is 1. The maximum Gasteiger partial charge on any atom is 0.265 e. The number of ether oxygens (including phenoxy) is 2. The highest BCUT2D eigenvalue weighted by Crippen LogP contribution is 2.32. The van der Waals surface area contributed by atoms with E-state index in [1.165, 1.54) is 50.6 Å². The van der Waals surface area contributed by atoms with Gasteiger partial charge in [0.2, 0.25) is 5.91 Å². The van der Waals surface area contributed by atoms with Crippen molar-refractivity contribution in [1.82, 2.24) is 5.32 Å². The number of sulfonamides is 1. The number of rotatable bonds is 11. The number of hydrogen-bond acceptors (Lipinski definition) is 5. The van der Waals surface area contributed by atoms with Crippen LogP contribution in [-0.4, -0.2) is 41.1 Å². The SMILES string of the molecule is COc1ccc(S(=O)(=O)N(CC(=O)NC(C)CCc2ccccc2)c2ccccc2F)cc1OC. The third kappa shape index (κ3) is 6.51. The molecule has 186 valence electrons. The fourth-order valence-corrected chi connectivity index (χ4v) is 5.05. The first-order valence-corrected chi connectivity index (χ1v) is 12.5. The monoisotopic (exact) mass is 500 g/mol. The lowest BCUT2D eigenvalue weighted by Crippen LogP contribution is -2.44. The molecule has 1 unspecified atom stereocenters. The third-order valence-corrected chi connectivity index (χ3v) is 7.22. The van der Waals surface area contributed by atoms with Crippen LogP contribution in [0.15, 0.2) is 77.7 Å². The second kappa shape index (κ2) is 11.7. The average Bonchev–Trinajstić information content (AvgIpc) is 2.86. The highest BCUT2D eigenvalue weighted by Gasteiger charge is 2.30. The molecule has 9 heteroatoms. The minimum absolute atomic E-state index is 0.164. The minimum atomic E-state index is -4.32. The van der Waals surface area contributed by atoms with Gasteiger partial charge in [0.25, 0.3) is 10.0 Å². The Balaban J connectivity index is 1.84. The van der Waals surface area contributed by atoms with E-state index < -0.39 is 28.3 Å². The number of para-hydroxylation sites is 1. The molecule has 3 rings (SSSR count). The van der Waals surface area contributed by atoms with Crippen LogP contribution in [0.5, 0.6) is 11.5 Å². The standard InChI is InChI=1S/C26H29FN2O5S/c1-19(13-14-20-9-5-4-6-10-20)28-26(30)18-29(23-12-8-7-11-22(23)27)35(31,32)21-15-16-24(33-2)25(17-21)34-3/h4-12,15-17,19H,13-14,18H2,1-3H3,(H,28,30). The van der Waals surface area contributed by atoms with Gasteiger partial charge in [-0.2, -0.15) is 0 Å². The molecule has 1 atom stereocenters. The van der Waals surface area contributed by atoms with Crippen LogP contribution in [0.3, 0.4) is 0 Å². The van der Waals surface area contributed by atoms with Gasteiger partial charge in [0, 0.05) is 12.1 Å². The molecule has 0 saturated heterocycles. The van der Waals surface area contributed by atoms with Crippen LogP contribution >= 0.6 is 0 Å². The highest BCUT2D eigenvalue weighted by molar-refractivity contribution is 7.92. The zero-order valence-corrected chi connectivity index (χ0v) is 20.7. The summed E-state index contributed by atoms with van der Waals surface area (Å²) >= 11 is 0. The summed E-state index contributed by atoms with van der Waals surface area (Å²) in [5.41, 5.74) is 0.909. The Morgan fingerprint density at radius 1 is 0.971 bits per heavy atom. The zero-order valence-electron chi connectivity index (χ0n) is 19.9. The molecule has 0 spiro atoms. The molecule has 0 bridgehead atoms. The van der Waals surface area contributed by atoms with Gasteiger partial charge in [-0.15, -0.1) is 0 Å². The molecule has 0 aliphatic heterocycles. The predicted molar refractivity (Wildman–Crippen MR) is 133 cm³/mol. The van der Waals surface area contributed by atoms with Crippen LogP contribution < -0.4 is 19.1 Å². The van der Waals surface area contributed by atoms with Crippen molar-refractivity contribution in [2.75, 3.05) is 25.1 Å². The lowest BCUT2D eigenvalue weighted by atomic mass is 10.1. The van der Waals surface area contributed by atoms with E-state index in [9.17, 15) is 17.6 Å². The first-order valence-electron chi connectivity index (χ1n) is 11.1. The van der Waals surface area contributed by atoms with Crippen LogP contribution in [0.2, 0.25) is 0 Å². The Kier molecular flexibility index (Phi) is 8.70. The largest absolute Gasteiger partial charge is 0.493 e. The van der Waals surface area contributed by atoms with Crippen molar-refractivity contribution in [3.63, 3.8) is 0 Å². The summed E-state index contributed by atoms with van der Waals surface area (Å²) < 4.78 is 53.0. The maximum absolute atomic E-state index is 14.7. The summed E-state index contributed by atoms with van der Waals surface area (Å²) in [5, 5.41) is 2.82. The Morgan fingerprint density at radius 3 is 2.29 bits per heavy atom. The Morgan fingerprint density at radius 2 is 1.63 bits per heavy atom. The number of carbonyl (C=O) groups excluding carboxylic acids is 1. The van der Waals surface area contributed by atoms with Crippen molar-refractivity contribution in [1.29, 1.82) is 0 Å². The summed E-state index contributed by atoms with van der Waals surface area (Å²) in [7, 11) is -1.51. The number of halogens is 1. The molecule has 3 aromatic carbocycles. The summed E-state index contributed by atoms with van der Waals surface area (Å²) in [4.78, 5) is 12.7. The van der Waals surface area contributed by atoms with Crippen molar-refractivity contribution < 1.29 is 27.1 Å². The average molecular weight is 501 g/mol. The van der Waals surface area contributed by atoms with Gasteiger partial charge >= 0.3 is 0 Å². The number of amides is 1. The Hall–Kier alpha value is -3.59. The van der Waals surface area contributed by atoms with Crippen molar-refractivity contribution >= 4 is 21.6 Å². The van der Waals surface area contributed by atoms with Crippen molar-refractivity contribution in [3.8, 4) is 11.5 Å².